The van der Waals surface area contributed by atoms with Crippen molar-refractivity contribution in [3.05, 3.63) is 57.8 Å². The number of nitrogens with zero attached hydrogens (tertiary/aromatic N) is 2. The number of aldehydes is 1. The normalized spacial score (nSPS) is 10.7. The lowest BCUT2D eigenvalue weighted by atomic mass is 9.95. The smallest absolute Gasteiger partial charge is 0.311 e. The summed E-state index contributed by atoms with van der Waals surface area (Å²) in [6, 6.07) is 10.2. The van der Waals surface area contributed by atoms with Gasteiger partial charge >= 0.3 is 5.69 Å². The molecule has 0 fully saturated rings. The van der Waals surface area contributed by atoms with Gasteiger partial charge < -0.3 is 9.57 Å². The molecule has 0 aliphatic heterocycles. The molecule has 1 aromatic heterocycles. The van der Waals surface area contributed by atoms with E-state index >= 15 is 0 Å². The number of nitro benzene ring substituents is 1. The number of aromatic nitrogens is 1. The Morgan fingerprint density at radius 1 is 1.12 bits per heavy atom. The third-order valence-electron chi connectivity index (χ3n) is 4.19. The molecular weight excluding hydrogens is 324 g/mol. The van der Waals surface area contributed by atoms with Crippen molar-refractivity contribution in [2.24, 2.45) is 0 Å². The molecule has 7 nitrogen and oxygen atoms in total. The monoisotopic (exact) mass is 340 g/mol. The average Bonchev–Trinajstić information content (AvgIpc) is 2.91. The first-order chi connectivity index (χ1) is 12.0. The van der Waals surface area contributed by atoms with E-state index in [9.17, 15) is 14.9 Å². The van der Waals surface area contributed by atoms with Gasteiger partial charge in [-0.25, -0.2) is 0 Å². The predicted molar refractivity (Wildman–Crippen MR) is 93.2 cm³/mol. The molecule has 0 aliphatic carbocycles. The molecule has 128 valence electrons. The van der Waals surface area contributed by atoms with Gasteiger partial charge in [0, 0.05) is 28.1 Å². The van der Waals surface area contributed by atoms with Gasteiger partial charge in [0.1, 0.15) is 7.11 Å². The van der Waals surface area contributed by atoms with E-state index < -0.39 is 4.92 Å². The Bertz CT molecular complexity index is 991. The Labute approximate surface area is 143 Å². The molecule has 0 saturated carbocycles. The van der Waals surface area contributed by atoms with E-state index in [1.165, 1.54) is 26.4 Å². The van der Waals surface area contributed by atoms with Crippen molar-refractivity contribution in [3.63, 3.8) is 0 Å². The number of para-hydroxylation sites is 1. The third kappa shape index (κ3) is 2.40. The molecule has 0 atom stereocenters. The van der Waals surface area contributed by atoms with Gasteiger partial charge in [0.15, 0.2) is 6.29 Å². The van der Waals surface area contributed by atoms with Crippen molar-refractivity contribution in [1.29, 1.82) is 0 Å². The Hall–Kier alpha value is -3.35. The minimum Gasteiger partial charge on any atom is -0.490 e. The summed E-state index contributed by atoms with van der Waals surface area (Å²) in [5.41, 5.74) is 2.67. The fourth-order valence-electron chi connectivity index (χ4n) is 3.18. The molecule has 3 aromatic rings. The molecule has 0 unspecified atom stereocenters. The summed E-state index contributed by atoms with van der Waals surface area (Å²) < 4.78 is 6.95. The van der Waals surface area contributed by atoms with Crippen LogP contribution in [0.3, 0.4) is 0 Å². The average molecular weight is 340 g/mol. The first-order valence-electron chi connectivity index (χ1n) is 7.50. The second-order valence-corrected chi connectivity index (χ2v) is 5.41. The van der Waals surface area contributed by atoms with E-state index in [2.05, 4.69) is 0 Å². The lowest BCUT2D eigenvalue weighted by molar-refractivity contribution is -0.385. The van der Waals surface area contributed by atoms with Crippen molar-refractivity contribution in [1.82, 2.24) is 4.73 Å². The summed E-state index contributed by atoms with van der Waals surface area (Å²) in [6.45, 7) is 1.83. The van der Waals surface area contributed by atoms with Crippen molar-refractivity contribution >= 4 is 22.9 Å². The lowest BCUT2D eigenvalue weighted by Crippen LogP contribution is -2.07. The van der Waals surface area contributed by atoms with Gasteiger partial charge in [0.05, 0.1) is 23.2 Å². The minimum atomic E-state index is -0.526. The molecule has 0 saturated heterocycles. The van der Waals surface area contributed by atoms with Crippen LogP contribution in [-0.4, -0.2) is 30.2 Å². The van der Waals surface area contributed by atoms with Crippen LogP contribution in [0.15, 0.2) is 36.4 Å². The quantitative estimate of drug-likeness (QED) is 0.404. The number of hydrogen-bond acceptors (Lipinski definition) is 5. The number of fused-ring (bicyclic) bond motifs is 1. The van der Waals surface area contributed by atoms with Crippen LogP contribution in [0.1, 0.15) is 16.1 Å². The SMILES string of the molecule is COc1c([N+](=O)[O-])ccc(C=O)c1-c1c(C)n(OC)c2ccccc12. The van der Waals surface area contributed by atoms with Gasteiger partial charge in [0.2, 0.25) is 5.75 Å². The molecule has 0 radical (unpaired) electrons. The van der Waals surface area contributed by atoms with Crippen LogP contribution in [0.4, 0.5) is 5.69 Å². The number of rotatable bonds is 5. The summed E-state index contributed by atoms with van der Waals surface area (Å²) in [5.74, 6) is 0.0525. The zero-order chi connectivity index (χ0) is 18.1. The zero-order valence-corrected chi connectivity index (χ0v) is 14.0. The highest BCUT2D eigenvalue weighted by Crippen LogP contribution is 2.44. The van der Waals surface area contributed by atoms with Gasteiger partial charge in [-0.15, -0.1) is 0 Å². The molecule has 1 heterocycles. The Kier molecular flexibility index (Phi) is 4.14. The molecular formula is C18H16N2O5. The number of carbonyl (C=O) groups excluding carboxylic acids is 1. The summed E-state index contributed by atoms with van der Waals surface area (Å²) in [6.07, 6.45) is 0.667. The van der Waals surface area contributed by atoms with Crippen LogP contribution in [0.5, 0.6) is 5.75 Å². The zero-order valence-electron chi connectivity index (χ0n) is 14.0. The van der Waals surface area contributed by atoms with Gasteiger partial charge in [-0.1, -0.05) is 18.2 Å². The largest absolute Gasteiger partial charge is 0.490 e. The van der Waals surface area contributed by atoms with E-state index in [-0.39, 0.29) is 11.4 Å². The Balaban J connectivity index is 2.51. The van der Waals surface area contributed by atoms with E-state index in [0.717, 1.165) is 10.9 Å². The number of hydrogen-bond donors (Lipinski definition) is 0. The lowest BCUT2D eigenvalue weighted by Gasteiger charge is -2.12. The highest BCUT2D eigenvalue weighted by atomic mass is 16.6. The molecule has 0 amide bonds. The second kappa shape index (κ2) is 6.27. The fourth-order valence-corrected chi connectivity index (χ4v) is 3.18. The maximum Gasteiger partial charge on any atom is 0.311 e. The first kappa shape index (κ1) is 16.5. The van der Waals surface area contributed by atoms with Crippen LogP contribution in [0.2, 0.25) is 0 Å². The van der Waals surface area contributed by atoms with Crippen LogP contribution >= 0.6 is 0 Å². The fraction of sp³-hybridized carbons (Fsp3) is 0.167. The van der Waals surface area contributed by atoms with Gasteiger partial charge in [-0.05, 0) is 19.1 Å². The summed E-state index contributed by atoms with van der Waals surface area (Å²) >= 11 is 0. The minimum absolute atomic E-state index is 0.0525. The number of nitro groups is 1. The van der Waals surface area contributed by atoms with E-state index in [4.69, 9.17) is 9.57 Å². The first-order valence-corrected chi connectivity index (χ1v) is 7.50. The third-order valence-corrected chi connectivity index (χ3v) is 4.19. The van der Waals surface area contributed by atoms with Gasteiger partial charge in [-0.3, -0.25) is 14.9 Å². The molecule has 0 spiro atoms. The molecule has 0 N–H and O–H groups in total. The highest BCUT2D eigenvalue weighted by molar-refractivity contribution is 6.04. The Morgan fingerprint density at radius 3 is 2.44 bits per heavy atom. The summed E-state index contributed by atoms with van der Waals surface area (Å²) in [7, 11) is 2.89. The molecule has 0 aliphatic rings. The maximum absolute atomic E-state index is 11.6. The van der Waals surface area contributed by atoms with Crippen molar-refractivity contribution in [2.45, 2.75) is 6.92 Å². The van der Waals surface area contributed by atoms with E-state index in [0.29, 0.717) is 28.7 Å². The summed E-state index contributed by atoms with van der Waals surface area (Å²) in [5, 5.41) is 12.2. The standard InChI is InChI=1S/C18H16N2O5/c1-11-16(13-6-4-5-7-14(13)19(11)25-3)17-12(10-21)8-9-15(20(22)23)18(17)24-2/h4-10H,1-3H3. The molecule has 2 aromatic carbocycles. The van der Waals surface area contributed by atoms with E-state index in [1.807, 2.05) is 31.2 Å². The van der Waals surface area contributed by atoms with Crippen molar-refractivity contribution in [2.75, 3.05) is 14.2 Å². The Morgan fingerprint density at radius 2 is 1.84 bits per heavy atom. The molecule has 25 heavy (non-hydrogen) atoms. The number of methoxy groups -OCH3 is 1. The molecule has 7 heteroatoms. The number of ether oxygens (including phenoxy) is 1. The van der Waals surface area contributed by atoms with Crippen LogP contribution in [0.25, 0.3) is 22.0 Å². The van der Waals surface area contributed by atoms with Crippen LogP contribution in [-0.2, 0) is 0 Å². The van der Waals surface area contributed by atoms with E-state index in [1.54, 1.807) is 4.73 Å². The number of benzene rings is 2. The van der Waals surface area contributed by atoms with Crippen molar-refractivity contribution in [3.8, 4) is 16.9 Å². The van der Waals surface area contributed by atoms with Gasteiger partial charge in [-0.2, -0.15) is 4.73 Å². The van der Waals surface area contributed by atoms with Crippen LogP contribution < -0.4 is 9.57 Å². The predicted octanol–water partition coefficient (Wildman–Crippen LogP) is 3.40. The maximum atomic E-state index is 11.6. The topological polar surface area (TPSA) is 83.6 Å². The highest BCUT2D eigenvalue weighted by Gasteiger charge is 2.27. The second-order valence-electron chi connectivity index (χ2n) is 5.41. The van der Waals surface area contributed by atoms with Crippen LogP contribution in [0, 0.1) is 17.0 Å². The molecule has 3 rings (SSSR count). The number of carbonyl (C=O) groups is 1. The summed E-state index contributed by atoms with van der Waals surface area (Å²) in [4.78, 5) is 27.9. The molecule has 0 bridgehead atoms. The van der Waals surface area contributed by atoms with Crippen molar-refractivity contribution < 1.29 is 19.3 Å². The van der Waals surface area contributed by atoms with Gasteiger partial charge in [0.25, 0.3) is 0 Å².